The molecule has 0 saturated carbocycles. The third-order valence-electron chi connectivity index (χ3n) is 6.94. The standard InChI is InChI=1S/C29H33N5O3S2/c1-3-22-6-13-26-27(20-22)38-29(31-26)34-18-16-33(17-19-34)15-14-30-28(35)23-7-9-24(10-8-23)32-39(36,37)25-11-4-21(2)5-12-25/h4-13,20,32H,3,14-19H2,1-2H3,(H,30,35). The SMILES string of the molecule is CCc1ccc2nc(N3CCN(CCNC(=O)c4ccc(NS(=O)(=O)c5ccc(C)cc5)cc4)CC3)sc2c1. The molecule has 10 heteroatoms. The highest BCUT2D eigenvalue weighted by Crippen LogP contribution is 2.30. The van der Waals surface area contributed by atoms with Gasteiger partial charge in [0.15, 0.2) is 5.13 Å². The number of aryl methyl sites for hydroxylation is 2. The van der Waals surface area contributed by atoms with Crippen molar-refractivity contribution in [2.45, 2.75) is 25.2 Å². The molecule has 0 atom stereocenters. The molecule has 0 bridgehead atoms. The zero-order valence-corrected chi connectivity index (χ0v) is 23.8. The highest BCUT2D eigenvalue weighted by molar-refractivity contribution is 7.92. The number of rotatable bonds is 9. The lowest BCUT2D eigenvalue weighted by Gasteiger charge is -2.34. The van der Waals surface area contributed by atoms with Gasteiger partial charge in [-0.3, -0.25) is 14.4 Å². The van der Waals surface area contributed by atoms with Gasteiger partial charge in [-0.25, -0.2) is 13.4 Å². The minimum atomic E-state index is -3.68. The van der Waals surface area contributed by atoms with Crippen molar-refractivity contribution in [3.05, 3.63) is 83.4 Å². The average molecular weight is 564 g/mol. The molecule has 1 saturated heterocycles. The summed E-state index contributed by atoms with van der Waals surface area (Å²) in [5, 5.41) is 4.05. The molecule has 4 aromatic rings. The van der Waals surface area contributed by atoms with E-state index in [-0.39, 0.29) is 10.8 Å². The number of aromatic nitrogens is 1. The molecule has 1 amide bonds. The van der Waals surface area contributed by atoms with Crippen LogP contribution in [0, 0.1) is 6.92 Å². The number of nitrogens with zero attached hydrogens (tertiary/aromatic N) is 3. The summed E-state index contributed by atoms with van der Waals surface area (Å²) in [6.45, 7) is 9.04. The first-order chi connectivity index (χ1) is 18.8. The van der Waals surface area contributed by atoms with E-state index in [0.29, 0.717) is 17.8 Å². The lowest BCUT2D eigenvalue weighted by Crippen LogP contribution is -2.48. The Bertz CT molecular complexity index is 1540. The van der Waals surface area contributed by atoms with Gasteiger partial charge in [0.2, 0.25) is 0 Å². The van der Waals surface area contributed by atoms with Gasteiger partial charge >= 0.3 is 0 Å². The maximum absolute atomic E-state index is 12.6. The second-order valence-corrected chi connectivity index (χ2v) is 12.4. The number of nitrogens with one attached hydrogen (secondary N) is 2. The molecule has 1 fully saturated rings. The van der Waals surface area contributed by atoms with Crippen molar-refractivity contribution in [2.75, 3.05) is 48.9 Å². The molecule has 0 unspecified atom stereocenters. The molecule has 204 valence electrons. The van der Waals surface area contributed by atoms with Crippen LogP contribution in [-0.2, 0) is 16.4 Å². The van der Waals surface area contributed by atoms with Gasteiger partial charge in [0.25, 0.3) is 15.9 Å². The van der Waals surface area contributed by atoms with Crippen LogP contribution < -0.4 is 14.9 Å². The molecule has 0 aliphatic carbocycles. The highest BCUT2D eigenvalue weighted by atomic mass is 32.2. The van der Waals surface area contributed by atoms with Crippen LogP contribution in [0.3, 0.4) is 0 Å². The van der Waals surface area contributed by atoms with Crippen LogP contribution in [0.25, 0.3) is 10.2 Å². The van der Waals surface area contributed by atoms with Gasteiger partial charge in [0.05, 0.1) is 15.1 Å². The number of hydrogen-bond acceptors (Lipinski definition) is 7. The zero-order valence-electron chi connectivity index (χ0n) is 22.2. The van der Waals surface area contributed by atoms with E-state index >= 15 is 0 Å². The Balaban J connectivity index is 1.07. The monoisotopic (exact) mass is 563 g/mol. The lowest BCUT2D eigenvalue weighted by molar-refractivity contribution is 0.0948. The molecule has 39 heavy (non-hydrogen) atoms. The molecule has 1 aliphatic heterocycles. The summed E-state index contributed by atoms with van der Waals surface area (Å²) >= 11 is 1.76. The summed E-state index contributed by atoms with van der Waals surface area (Å²) in [5.41, 5.74) is 4.28. The topological polar surface area (TPSA) is 94.6 Å². The Labute approximate surface area is 233 Å². The first kappa shape index (κ1) is 27.1. The number of fused-ring (bicyclic) bond motifs is 1. The van der Waals surface area contributed by atoms with E-state index in [9.17, 15) is 13.2 Å². The van der Waals surface area contributed by atoms with Crippen LogP contribution in [0.2, 0.25) is 0 Å². The quantitative estimate of drug-likeness (QED) is 0.311. The van der Waals surface area contributed by atoms with Crippen molar-refractivity contribution in [1.29, 1.82) is 0 Å². The van der Waals surface area contributed by atoms with Crippen LogP contribution >= 0.6 is 11.3 Å². The summed E-state index contributed by atoms with van der Waals surface area (Å²) in [6, 6.07) is 19.6. The Kier molecular flexibility index (Phi) is 8.15. The fourth-order valence-corrected chi connectivity index (χ4v) is 6.67. The predicted octanol–water partition coefficient (Wildman–Crippen LogP) is 4.52. The van der Waals surface area contributed by atoms with Crippen LogP contribution in [0.4, 0.5) is 10.8 Å². The van der Waals surface area contributed by atoms with Crippen molar-refractivity contribution in [1.82, 2.24) is 15.2 Å². The normalized spacial score (nSPS) is 14.5. The molecule has 5 rings (SSSR count). The molecule has 3 aromatic carbocycles. The van der Waals surface area contributed by atoms with E-state index in [4.69, 9.17) is 4.98 Å². The Morgan fingerprint density at radius 1 is 0.974 bits per heavy atom. The van der Waals surface area contributed by atoms with Gasteiger partial charge in [-0.1, -0.05) is 42.0 Å². The number of thiazole rings is 1. The van der Waals surface area contributed by atoms with E-state index in [2.05, 4.69) is 45.0 Å². The summed E-state index contributed by atoms with van der Waals surface area (Å²) in [6.07, 6.45) is 1.03. The van der Waals surface area contributed by atoms with E-state index in [0.717, 1.165) is 55.4 Å². The lowest BCUT2D eigenvalue weighted by atomic mass is 10.2. The minimum absolute atomic E-state index is 0.178. The molecule has 1 aromatic heterocycles. The zero-order chi connectivity index (χ0) is 27.4. The fourth-order valence-electron chi connectivity index (χ4n) is 4.53. The summed E-state index contributed by atoms with van der Waals surface area (Å²) in [7, 11) is -3.68. The first-order valence-electron chi connectivity index (χ1n) is 13.2. The number of carbonyl (C=O) groups excluding carboxylic acids is 1. The summed E-state index contributed by atoms with van der Waals surface area (Å²) in [4.78, 5) is 22.3. The fraction of sp³-hybridized carbons (Fsp3) is 0.310. The van der Waals surface area contributed by atoms with E-state index in [1.165, 1.54) is 10.3 Å². The van der Waals surface area contributed by atoms with Gasteiger partial charge < -0.3 is 10.2 Å². The second kappa shape index (κ2) is 11.7. The van der Waals surface area contributed by atoms with Gasteiger partial charge in [0, 0.05) is 50.5 Å². The molecule has 1 aliphatic rings. The Morgan fingerprint density at radius 2 is 1.69 bits per heavy atom. The summed E-state index contributed by atoms with van der Waals surface area (Å²) in [5.74, 6) is -0.178. The molecule has 0 radical (unpaired) electrons. The minimum Gasteiger partial charge on any atom is -0.351 e. The van der Waals surface area contributed by atoms with Gasteiger partial charge in [-0.2, -0.15) is 0 Å². The smallest absolute Gasteiger partial charge is 0.261 e. The predicted molar refractivity (Wildman–Crippen MR) is 158 cm³/mol. The van der Waals surface area contributed by atoms with Gasteiger partial charge in [0.1, 0.15) is 0 Å². The van der Waals surface area contributed by atoms with Crippen molar-refractivity contribution < 1.29 is 13.2 Å². The summed E-state index contributed by atoms with van der Waals surface area (Å²) < 4.78 is 29.0. The molecular weight excluding hydrogens is 530 g/mol. The molecule has 8 nitrogen and oxygen atoms in total. The van der Waals surface area contributed by atoms with Gasteiger partial charge in [-0.05, 0) is 67.4 Å². The van der Waals surface area contributed by atoms with Crippen molar-refractivity contribution in [2.24, 2.45) is 0 Å². The highest BCUT2D eigenvalue weighted by Gasteiger charge is 2.20. The van der Waals surface area contributed by atoms with Crippen LogP contribution in [0.5, 0.6) is 0 Å². The number of anilines is 2. The number of hydrogen-bond donors (Lipinski definition) is 2. The molecule has 0 spiro atoms. The maximum Gasteiger partial charge on any atom is 0.261 e. The van der Waals surface area contributed by atoms with Crippen LogP contribution in [0.1, 0.15) is 28.4 Å². The van der Waals surface area contributed by atoms with E-state index in [1.54, 1.807) is 59.9 Å². The maximum atomic E-state index is 12.6. The van der Waals surface area contributed by atoms with Gasteiger partial charge in [-0.15, -0.1) is 0 Å². The van der Waals surface area contributed by atoms with Crippen molar-refractivity contribution in [3.63, 3.8) is 0 Å². The Hall–Kier alpha value is -3.47. The molecule has 2 N–H and O–H groups in total. The first-order valence-corrected chi connectivity index (χ1v) is 15.5. The largest absolute Gasteiger partial charge is 0.351 e. The Morgan fingerprint density at radius 3 is 2.38 bits per heavy atom. The molecule has 2 heterocycles. The van der Waals surface area contributed by atoms with Crippen LogP contribution in [-0.4, -0.2) is 63.5 Å². The average Bonchev–Trinajstić information content (AvgIpc) is 3.37. The van der Waals surface area contributed by atoms with E-state index < -0.39 is 10.0 Å². The third kappa shape index (κ3) is 6.58. The number of sulfonamides is 1. The van der Waals surface area contributed by atoms with Crippen molar-refractivity contribution >= 4 is 48.3 Å². The number of piperazine rings is 1. The second-order valence-electron chi connectivity index (χ2n) is 9.73. The van der Waals surface area contributed by atoms with Crippen molar-refractivity contribution in [3.8, 4) is 0 Å². The van der Waals surface area contributed by atoms with Crippen LogP contribution in [0.15, 0.2) is 71.6 Å². The number of benzene rings is 3. The molecular formula is C29H33N5O3S2. The van der Waals surface area contributed by atoms with E-state index in [1.807, 2.05) is 6.92 Å². The number of carbonyl (C=O) groups is 1. The third-order valence-corrected chi connectivity index (χ3v) is 9.41. The number of amides is 1.